The molecule has 0 radical (unpaired) electrons. The molecule has 8 nitrogen and oxygen atoms in total. The molecule has 2 atom stereocenters. The van der Waals surface area contributed by atoms with Crippen molar-refractivity contribution < 1.29 is 9.09 Å². The molecule has 2 unspecified atom stereocenters. The van der Waals surface area contributed by atoms with E-state index in [2.05, 4.69) is 0 Å². The van der Waals surface area contributed by atoms with Crippen molar-refractivity contribution in [3.63, 3.8) is 0 Å². The van der Waals surface area contributed by atoms with Gasteiger partial charge in [0.1, 0.15) is 5.75 Å². The Morgan fingerprint density at radius 1 is 0.853 bits per heavy atom. The summed E-state index contributed by atoms with van der Waals surface area (Å²) in [5.74, 6) is 0.682. The quantitative estimate of drug-likeness (QED) is 0.459. The maximum atomic E-state index is 14.0. The number of rotatable bonds is 8. The highest BCUT2D eigenvalue weighted by atomic mass is 31.2. The second-order valence-corrected chi connectivity index (χ2v) is 11.2. The molecule has 1 aromatic heterocycles. The molecule has 0 amide bonds. The maximum absolute atomic E-state index is 14.0. The first-order valence-corrected chi connectivity index (χ1v) is 13.5. The summed E-state index contributed by atoms with van der Waals surface area (Å²) in [5, 5.41) is 0.647. The molecule has 4 rings (SSSR count). The molecule has 0 N–H and O–H groups in total. The van der Waals surface area contributed by atoms with Gasteiger partial charge >= 0.3 is 17.1 Å². The predicted octanol–water partition coefficient (Wildman–Crippen LogP) is 3.29. The van der Waals surface area contributed by atoms with Gasteiger partial charge in [-0.2, -0.15) is 0 Å². The Bertz CT molecular complexity index is 1440. The smallest absolute Gasteiger partial charge is 0.336 e. The van der Waals surface area contributed by atoms with Crippen molar-refractivity contribution in [3.05, 3.63) is 80.0 Å². The molecule has 2 aromatic carbocycles. The van der Waals surface area contributed by atoms with Crippen molar-refractivity contribution in [2.24, 2.45) is 5.92 Å². The molecular weight excluding hydrogens is 453 g/mol. The summed E-state index contributed by atoms with van der Waals surface area (Å²) in [5.41, 5.74) is -0.0629. The normalized spacial score (nSPS) is 17.5. The highest BCUT2D eigenvalue weighted by Gasteiger charge is 2.35. The summed E-state index contributed by atoms with van der Waals surface area (Å²) < 4.78 is 23.3. The van der Waals surface area contributed by atoms with Crippen LogP contribution in [-0.2, 0) is 24.2 Å². The van der Waals surface area contributed by atoms with Gasteiger partial charge in [0.25, 0.3) is 7.37 Å². The average Bonchev–Trinajstić information content (AvgIpc) is 2.84. The number of hydrogen-bond acceptors (Lipinski definition) is 5. The van der Waals surface area contributed by atoms with E-state index in [0.717, 1.165) is 31.2 Å². The zero-order chi connectivity index (χ0) is 24.5. The van der Waals surface area contributed by atoms with Gasteiger partial charge in [-0.25, -0.2) is 28.1 Å². The minimum atomic E-state index is -3.26. The van der Waals surface area contributed by atoms with Gasteiger partial charge in [-0.15, -0.1) is 0 Å². The average molecular weight is 484 g/mol. The van der Waals surface area contributed by atoms with Crippen molar-refractivity contribution in [3.8, 4) is 16.9 Å². The van der Waals surface area contributed by atoms with Crippen LogP contribution in [0.5, 0.6) is 5.75 Å². The van der Waals surface area contributed by atoms with Gasteiger partial charge in [0.15, 0.2) is 0 Å². The maximum Gasteiger partial charge on any atom is 0.336 e. The van der Waals surface area contributed by atoms with Gasteiger partial charge in [-0.1, -0.05) is 56.7 Å². The minimum Gasteiger partial charge on any atom is -0.439 e. The molecule has 0 bridgehead atoms. The molecule has 1 aliphatic rings. The minimum absolute atomic E-state index is 0.0512. The standard InChI is InChI=1S/C25H30N3O5P/c1-4-18(3)17-28-24(30)26(5-2)23(29)27(25(28)31)15-10-16-34(32)22-14-9-7-12-20(22)19-11-6-8-13-21(19)33-34/h6-9,11-14,18H,4-5,10,15-17H2,1-3H3. The van der Waals surface area contributed by atoms with Crippen LogP contribution in [0.15, 0.2) is 62.9 Å². The van der Waals surface area contributed by atoms with Crippen LogP contribution in [-0.4, -0.2) is 19.9 Å². The first-order chi connectivity index (χ1) is 16.3. The van der Waals surface area contributed by atoms with E-state index >= 15 is 0 Å². The molecule has 2 heterocycles. The van der Waals surface area contributed by atoms with E-state index < -0.39 is 24.4 Å². The van der Waals surface area contributed by atoms with E-state index in [9.17, 15) is 18.9 Å². The van der Waals surface area contributed by atoms with Crippen LogP contribution < -0.4 is 26.9 Å². The zero-order valence-electron chi connectivity index (χ0n) is 19.8. The Morgan fingerprint density at radius 2 is 1.47 bits per heavy atom. The van der Waals surface area contributed by atoms with E-state index in [4.69, 9.17) is 4.52 Å². The summed E-state index contributed by atoms with van der Waals surface area (Å²) in [7, 11) is -3.26. The fraction of sp³-hybridized carbons (Fsp3) is 0.400. The van der Waals surface area contributed by atoms with E-state index in [1.807, 2.05) is 56.3 Å². The molecule has 0 spiro atoms. The third-order valence-corrected chi connectivity index (χ3v) is 8.94. The molecule has 180 valence electrons. The Hall–Kier alpha value is -3.12. The van der Waals surface area contributed by atoms with Crippen molar-refractivity contribution in [1.82, 2.24) is 13.7 Å². The number of hydrogen-bond donors (Lipinski definition) is 0. The molecule has 3 aromatic rings. The van der Waals surface area contributed by atoms with Gasteiger partial charge in [0.05, 0.1) is 5.30 Å². The highest BCUT2D eigenvalue weighted by molar-refractivity contribution is 7.67. The van der Waals surface area contributed by atoms with Gasteiger partial charge in [-0.3, -0.25) is 4.57 Å². The second kappa shape index (κ2) is 9.63. The third kappa shape index (κ3) is 4.23. The highest BCUT2D eigenvalue weighted by Crippen LogP contribution is 2.54. The number of aromatic nitrogens is 3. The zero-order valence-corrected chi connectivity index (χ0v) is 20.7. The molecule has 0 saturated heterocycles. The molecule has 0 saturated carbocycles. The van der Waals surface area contributed by atoms with Crippen LogP contribution in [0.25, 0.3) is 11.1 Å². The lowest BCUT2D eigenvalue weighted by atomic mass is 10.0. The van der Waals surface area contributed by atoms with Gasteiger partial charge in [0.2, 0.25) is 0 Å². The summed E-state index contributed by atoms with van der Waals surface area (Å²) in [4.78, 5) is 38.7. The third-order valence-electron chi connectivity index (χ3n) is 6.42. The fourth-order valence-electron chi connectivity index (χ4n) is 4.32. The first-order valence-electron chi connectivity index (χ1n) is 11.7. The van der Waals surface area contributed by atoms with Crippen molar-refractivity contribution in [2.75, 3.05) is 6.16 Å². The molecule has 9 heteroatoms. The number of benzene rings is 2. The van der Waals surface area contributed by atoms with Crippen LogP contribution in [0.1, 0.15) is 33.6 Å². The van der Waals surface area contributed by atoms with Gasteiger partial charge in [-0.05, 0) is 37.0 Å². The topological polar surface area (TPSA) is 92.3 Å². The van der Waals surface area contributed by atoms with Crippen LogP contribution in [0, 0.1) is 5.92 Å². The molecule has 1 aliphatic heterocycles. The number of fused-ring (bicyclic) bond motifs is 3. The Labute approximate surface area is 197 Å². The first kappa shape index (κ1) is 24.0. The Morgan fingerprint density at radius 3 is 2.18 bits per heavy atom. The monoisotopic (exact) mass is 483 g/mol. The Balaban J connectivity index is 1.65. The SMILES string of the molecule is CCC(C)Cn1c(=O)n(CC)c(=O)n(CCCP2(=O)Oc3ccccc3-c3ccccc32)c1=O. The van der Waals surface area contributed by atoms with Crippen molar-refractivity contribution in [1.29, 1.82) is 0 Å². The van der Waals surface area contributed by atoms with E-state index in [0.29, 0.717) is 11.1 Å². The van der Waals surface area contributed by atoms with E-state index in [1.54, 1.807) is 13.0 Å². The second-order valence-electron chi connectivity index (χ2n) is 8.72. The molecule has 0 aliphatic carbocycles. The summed E-state index contributed by atoms with van der Waals surface area (Å²) >= 11 is 0. The molecule has 34 heavy (non-hydrogen) atoms. The van der Waals surface area contributed by atoms with Crippen molar-refractivity contribution in [2.45, 2.75) is 53.2 Å². The van der Waals surface area contributed by atoms with Crippen LogP contribution in [0.2, 0.25) is 0 Å². The van der Waals surface area contributed by atoms with Crippen LogP contribution in [0.4, 0.5) is 0 Å². The predicted molar refractivity (Wildman–Crippen MR) is 134 cm³/mol. The molecule has 0 fully saturated rings. The van der Waals surface area contributed by atoms with E-state index in [1.165, 1.54) is 0 Å². The lowest BCUT2D eigenvalue weighted by Gasteiger charge is -2.28. The number of nitrogens with zero attached hydrogens (tertiary/aromatic N) is 3. The van der Waals surface area contributed by atoms with Gasteiger partial charge < -0.3 is 4.52 Å². The lowest BCUT2D eigenvalue weighted by molar-refractivity contribution is 0.390. The van der Waals surface area contributed by atoms with Crippen molar-refractivity contribution >= 4 is 12.7 Å². The fourth-order valence-corrected chi connectivity index (χ4v) is 6.66. The van der Waals surface area contributed by atoms with Crippen LogP contribution in [0.3, 0.4) is 0 Å². The molecular formula is C25H30N3O5P. The summed E-state index contributed by atoms with van der Waals surface area (Å²) in [6, 6.07) is 15.0. The summed E-state index contributed by atoms with van der Waals surface area (Å²) in [6.07, 6.45) is 1.26. The number of para-hydroxylation sites is 1. The Kier molecular flexibility index (Phi) is 6.80. The largest absolute Gasteiger partial charge is 0.439 e. The van der Waals surface area contributed by atoms with E-state index in [-0.39, 0.29) is 38.1 Å². The summed E-state index contributed by atoms with van der Waals surface area (Å²) in [6.45, 7) is 6.12. The van der Waals surface area contributed by atoms with Gasteiger partial charge in [0, 0.05) is 31.4 Å². The van der Waals surface area contributed by atoms with Crippen LogP contribution >= 0.6 is 7.37 Å². The lowest BCUT2D eigenvalue weighted by Crippen LogP contribution is -2.54.